The molecule has 1 N–H and O–H groups in total. The number of ether oxygens (including phenoxy) is 3. The summed E-state index contributed by atoms with van der Waals surface area (Å²) in [6.45, 7) is 6.94. The molecule has 0 aromatic heterocycles. The van der Waals surface area contributed by atoms with E-state index in [0.29, 0.717) is 19.8 Å². The van der Waals surface area contributed by atoms with Crippen LogP contribution in [0.4, 0.5) is 22.7 Å². The molecule has 8 aromatic carbocycles. The number of aliphatic hydroxyl groups excluding tert-OH is 1. The van der Waals surface area contributed by atoms with Crippen molar-refractivity contribution < 1.29 is 50.3 Å². The monoisotopic (exact) mass is 1150 g/mol. The van der Waals surface area contributed by atoms with Crippen molar-refractivity contribution in [3.63, 3.8) is 0 Å². The molecule has 2 heterocycles. The summed E-state index contributed by atoms with van der Waals surface area (Å²) in [4.78, 5) is 11.4. The molecule has 12 heteroatoms. The van der Waals surface area contributed by atoms with Gasteiger partial charge in [-0.25, -0.2) is 0 Å². The Labute approximate surface area is 491 Å². The number of methoxy groups -OCH3 is 1. The number of halogens is 1. The van der Waals surface area contributed by atoms with E-state index >= 15 is 0 Å². The van der Waals surface area contributed by atoms with Crippen molar-refractivity contribution in [3.05, 3.63) is 252 Å². The van der Waals surface area contributed by atoms with Gasteiger partial charge >= 0.3 is 29.6 Å². The van der Waals surface area contributed by atoms with Crippen LogP contribution in [0, 0.1) is 0 Å². The SMILES string of the molecule is CI.CO[C@@H]1COc2ccc(N(Cc3ccccc3)Cc3ccccc3)cc2N(Cc2ccccc2)C1.O[C@@H]1COc2ccc(N(Cc3ccccc3)Cc3ccccc3)cc2N(Cc2ccccc2)C1.S.S.[H-].[Na+]. The Morgan fingerprint density at radius 2 is 0.784 bits per heavy atom. The quantitative estimate of drug-likeness (QED) is 0.0619. The number of hydrogen-bond acceptors (Lipinski definition) is 8. The Morgan fingerprint density at radius 3 is 1.12 bits per heavy atom. The molecule has 2 atom stereocenters. The Kier molecular flexibility index (Phi) is 25.6. The average molecular weight is 1150 g/mol. The summed E-state index contributed by atoms with van der Waals surface area (Å²) in [5.41, 5.74) is 12.0. The van der Waals surface area contributed by atoms with Gasteiger partial charge in [-0.1, -0.05) is 205 Å². The zero-order chi connectivity index (χ0) is 49.0. The summed E-state index contributed by atoms with van der Waals surface area (Å²) in [7, 11) is 1.76. The van der Waals surface area contributed by atoms with Crippen molar-refractivity contribution in [2.24, 2.45) is 0 Å². The second-order valence-electron chi connectivity index (χ2n) is 17.8. The van der Waals surface area contributed by atoms with E-state index in [1.54, 1.807) is 7.11 Å². The molecule has 0 fully saturated rings. The first kappa shape index (κ1) is 59.8. The fraction of sp³-hybridized carbons (Fsp3) is 0.226. The van der Waals surface area contributed by atoms with Gasteiger partial charge < -0.3 is 40.3 Å². The predicted octanol–water partition coefficient (Wildman–Crippen LogP) is 10.4. The largest absolute Gasteiger partial charge is 1.00 e. The van der Waals surface area contributed by atoms with Crippen LogP contribution in [0.2, 0.25) is 0 Å². The normalized spacial score (nSPS) is 14.2. The van der Waals surface area contributed by atoms with E-state index < -0.39 is 6.10 Å². The molecule has 0 aliphatic carbocycles. The van der Waals surface area contributed by atoms with E-state index in [0.717, 1.165) is 74.4 Å². The van der Waals surface area contributed by atoms with E-state index in [1.807, 2.05) is 17.1 Å². The first-order valence-electron chi connectivity index (χ1n) is 24.4. The third-order valence-electron chi connectivity index (χ3n) is 12.6. The van der Waals surface area contributed by atoms with Crippen molar-refractivity contribution in [3.8, 4) is 11.5 Å². The first-order valence-corrected chi connectivity index (χ1v) is 26.5. The number of anilines is 4. The zero-order valence-corrected chi connectivity index (χ0v) is 49.0. The number of benzene rings is 8. The molecular formula is C62H70IN4NaO4S2. The van der Waals surface area contributed by atoms with Gasteiger partial charge in [-0.2, -0.15) is 27.0 Å². The number of rotatable bonds is 15. The first-order chi connectivity index (χ1) is 35.0. The van der Waals surface area contributed by atoms with E-state index in [4.69, 9.17) is 14.2 Å². The Morgan fingerprint density at radius 1 is 0.473 bits per heavy atom. The van der Waals surface area contributed by atoms with Crippen molar-refractivity contribution in [2.75, 3.05) is 57.9 Å². The maximum Gasteiger partial charge on any atom is 1.00 e. The third-order valence-corrected chi connectivity index (χ3v) is 12.6. The maximum atomic E-state index is 10.5. The average Bonchev–Trinajstić information content (AvgIpc) is 3.70. The molecular weight excluding hydrogens is 1080 g/mol. The Hall–Kier alpha value is -5.09. The van der Waals surface area contributed by atoms with E-state index in [-0.39, 0.29) is 64.1 Å². The van der Waals surface area contributed by atoms with Crippen LogP contribution in [-0.4, -0.2) is 55.7 Å². The predicted molar refractivity (Wildman–Crippen MR) is 323 cm³/mol. The van der Waals surface area contributed by atoms with Gasteiger partial charge in [0.2, 0.25) is 0 Å². The van der Waals surface area contributed by atoms with E-state index in [9.17, 15) is 5.11 Å². The van der Waals surface area contributed by atoms with Crippen LogP contribution >= 0.6 is 49.6 Å². The van der Waals surface area contributed by atoms with Gasteiger partial charge in [-0.15, -0.1) is 0 Å². The smallest absolute Gasteiger partial charge is 1.00 e. The number of aliphatic hydroxyl groups is 1. The summed E-state index contributed by atoms with van der Waals surface area (Å²) >= 11 is 2.15. The number of nitrogens with zero attached hydrogens (tertiary/aromatic N) is 4. The Balaban J connectivity index is 0.000000299. The summed E-state index contributed by atoms with van der Waals surface area (Å²) in [6, 6.07) is 76.4. The topological polar surface area (TPSA) is 60.9 Å². The maximum absolute atomic E-state index is 10.5. The van der Waals surface area contributed by atoms with Gasteiger partial charge in [0, 0.05) is 70.8 Å². The minimum Gasteiger partial charge on any atom is -1.00 e. The molecule has 0 radical (unpaired) electrons. The minimum atomic E-state index is -0.538. The molecule has 2 aliphatic rings. The molecule has 2 aliphatic heterocycles. The molecule has 0 spiro atoms. The molecule has 8 aromatic rings. The molecule has 10 rings (SSSR count). The van der Waals surface area contributed by atoms with Crippen LogP contribution in [0.3, 0.4) is 0 Å². The van der Waals surface area contributed by atoms with Crippen molar-refractivity contribution in [1.82, 2.24) is 0 Å². The molecule has 0 amide bonds. The fourth-order valence-corrected chi connectivity index (χ4v) is 9.06. The van der Waals surface area contributed by atoms with Crippen LogP contribution in [0.1, 0.15) is 34.8 Å². The van der Waals surface area contributed by atoms with Crippen LogP contribution in [0.5, 0.6) is 11.5 Å². The molecule has 0 saturated heterocycles. The van der Waals surface area contributed by atoms with E-state index in [1.165, 1.54) is 39.1 Å². The van der Waals surface area contributed by atoms with Crippen molar-refractivity contribution in [2.45, 2.75) is 51.5 Å². The standard InChI is InChI=1S/C31H32N2O2.C30H30N2O2.CH3I.Na.2H2S.H/c1-34-29-23-33(22-27-15-9-4-10-16-27)30-19-28(17-18-31(30)35-24-29)32(20-25-11-5-2-6-12-25)21-26-13-7-3-8-14-26;33-28-22-32(21-26-14-8-3-9-15-26)29-18-27(16-17-30(29)34-23-28)31(19-24-10-4-1-5-11-24)20-25-12-6-2-7-13-25;1-2;;;;/h2-19,29H,20-24H2,1H3;1-18,28,33H,19-23H2;1H3;;2*1H2;/q;;;+1;;;-1/t29-;28-;;;;;/m00...../s1. The van der Waals surface area contributed by atoms with Gasteiger partial charge in [0.05, 0.1) is 11.4 Å². The summed E-state index contributed by atoms with van der Waals surface area (Å²) < 4.78 is 17.9. The molecule has 0 saturated carbocycles. The second-order valence-corrected chi connectivity index (χ2v) is 17.8. The molecule has 8 nitrogen and oxygen atoms in total. The van der Waals surface area contributed by atoms with Gasteiger partial charge in [-0.05, 0) is 74.7 Å². The molecule has 74 heavy (non-hydrogen) atoms. The zero-order valence-electron chi connectivity index (χ0n) is 43.8. The Bertz CT molecular complexity index is 2720. The fourth-order valence-electron chi connectivity index (χ4n) is 9.06. The van der Waals surface area contributed by atoms with Crippen molar-refractivity contribution in [1.29, 1.82) is 0 Å². The van der Waals surface area contributed by atoms with Gasteiger partial charge in [0.15, 0.2) is 0 Å². The third kappa shape index (κ3) is 17.5. The van der Waals surface area contributed by atoms with Crippen LogP contribution in [-0.2, 0) is 44.0 Å². The summed E-state index contributed by atoms with van der Waals surface area (Å²) in [6.07, 6.45) is -0.524. The van der Waals surface area contributed by atoms with Crippen molar-refractivity contribution >= 4 is 72.3 Å². The second kappa shape index (κ2) is 31.7. The van der Waals surface area contributed by atoms with Gasteiger partial charge in [-0.3, -0.25) is 0 Å². The molecule has 0 unspecified atom stereocenters. The van der Waals surface area contributed by atoms with Crippen LogP contribution < -0.4 is 58.6 Å². The van der Waals surface area contributed by atoms with E-state index in [2.05, 4.69) is 248 Å². The number of β-amino-alcohol motifs (C(OH)–C–C–N with tert-alkyl or cyclic N) is 1. The van der Waals surface area contributed by atoms with Crippen LogP contribution in [0.25, 0.3) is 0 Å². The number of hydrogen-bond donors (Lipinski definition) is 1. The van der Waals surface area contributed by atoms with Crippen LogP contribution in [0.15, 0.2) is 218 Å². The number of fused-ring (bicyclic) bond motifs is 2. The molecule has 0 bridgehead atoms. The minimum absolute atomic E-state index is 0. The molecule has 382 valence electrons. The summed E-state index contributed by atoms with van der Waals surface area (Å²) in [5.74, 6) is 1.72. The van der Waals surface area contributed by atoms with Gasteiger partial charge in [0.25, 0.3) is 0 Å². The summed E-state index contributed by atoms with van der Waals surface area (Å²) in [5, 5.41) is 10.5. The number of alkyl halides is 1. The van der Waals surface area contributed by atoms with Gasteiger partial charge in [0.1, 0.15) is 36.9 Å².